The van der Waals surface area contributed by atoms with Gasteiger partial charge in [0, 0.05) is 5.69 Å². The Bertz CT molecular complexity index is 444. The summed E-state index contributed by atoms with van der Waals surface area (Å²) < 4.78 is 0. The number of nitrogens with two attached hydrogens (primary N) is 2. The predicted octanol–water partition coefficient (Wildman–Crippen LogP) is -0.736. The van der Waals surface area contributed by atoms with Crippen LogP contribution in [0.25, 0.3) is 0 Å². The molecule has 18 heavy (non-hydrogen) atoms. The van der Waals surface area contributed by atoms with E-state index in [1.165, 1.54) is 4.90 Å². The number of carbonyl (C=O) groups is 2. The quantitative estimate of drug-likeness (QED) is 0.618. The van der Waals surface area contributed by atoms with E-state index in [4.69, 9.17) is 16.6 Å². The topological polar surface area (TPSA) is 110 Å². The van der Waals surface area contributed by atoms with Crippen LogP contribution in [0.5, 0.6) is 0 Å². The van der Waals surface area contributed by atoms with Crippen LogP contribution in [-0.4, -0.2) is 30.0 Å². The number of aliphatic hydroxyl groups is 1. The first-order valence-corrected chi connectivity index (χ1v) is 5.46. The summed E-state index contributed by atoms with van der Waals surface area (Å²) in [5.74, 6) is -1.08. The highest BCUT2D eigenvalue weighted by molar-refractivity contribution is 5.84. The van der Waals surface area contributed by atoms with Crippen molar-refractivity contribution < 1.29 is 14.7 Å². The maximum absolute atomic E-state index is 11.0. The molecule has 6 nitrogen and oxygen atoms in total. The van der Waals surface area contributed by atoms with Gasteiger partial charge in [-0.2, -0.15) is 0 Å². The number of aryl methyl sites for hydroxylation is 1. The molecule has 0 aliphatic carbocycles. The first-order chi connectivity index (χ1) is 8.43. The summed E-state index contributed by atoms with van der Waals surface area (Å²) >= 11 is 0. The highest BCUT2D eigenvalue weighted by Crippen LogP contribution is 2.19. The fourth-order valence-electron chi connectivity index (χ4n) is 1.67. The molecule has 98 valence electrons. The molecule has 5 N–H and O–H groups in total. The fourth-order valence-corrected chi connectivity index (χ4v) is 1.67. The highest BCUT2D eigenvalue weighted by Gasteiger charge is 2.13. The van der Waals surface area contributed by atoms with Gasteiger partial charge in [0.2, 0.25) is 11.8 Å². The van der Waals surface area contributed by atoms with E-state index in [1.807, 2.05) is 6.92 Å². The summed E-state index contributed by atoms with van der Waals surface area (Å²) in [5, 5.41) is 9.08. The van der Waals surface area contributed by atoms with Gasteiger partial charge in [-0.15, -0.1) is 0 Å². The van der Waals surface area contributed by atoms with Gasteiger partial charge in [0.15, 0.2) is 0 Å². The lowest BCUT2D eigenvalue weighted by atomic mass is 10.1. The summed E-state index contributed by atoms with van der Waals surface area (Å²) in [6, 6.07) is 5.22. The van der Waals surface area contributed by atoms with Crippen molar-refractivity contribution in [3.8, 4) is 0 Å². The van der Waals surface area contributed by atoms with Gasteiger partial charge in [0.25, 0.3) is 0 Å². The molecule has 0 spiro atoms. The molecule has 1 aromatic rings. The fraction of sp³-hybridized carbons (Fsp3) is 0.333. The lowest BCUT2D eigenvalue weighted by Crippen LogP contribution is -2.39. The van der Waals surface area contributed by atoms with Crippen LogP contribution in [0.2, 0.25) is 0 Å². The molecule has 0 saturated heterocycles. The van der Waals surface area contributed by atoms with Crippen LogP contribution in [0.4, 0.5) is 5.69 Å². The van der Waals surface area contributed by atoms with E-state index in [2.05, 4.69) is 0 Å². The van der Waals surface area contributed by atoms with E-state index < -0.39 is 11.8 Å². The number of nitrogens with zero attached hydrogens (tertiary/aromatic N) is 1. The lowest BCUT2D eigenvalue weighted by molar-refractivity contribution is -0.117. The third-order valence-corrected chi connectivity index (χ3v) is 2.56. The van der Waals surface area contributed by atoms with Crippen LogP contribution in [0.1, 0.15) is 11.1 Å². The first kappa shape index (κ1) is 14.0. The zero-order valence-electron chi connectivity index (χ0n) is 10.2. The second-order valence-corrected chi connectivity index (χ2v) is 4.06. The number of aliphatic hydroxyl groups excluding tert-OH is 1. The number of hydrogen-bond acceptors (Lipinski definition) is 4. The second kappa shape index (κ2) is 6.02. The predicted molar refractivity (Wildman–Crippen MR) is 67.7 cm³/mol. The molecule has 0 bridgehead atoms. The van der Waals surface area contributed by atoms with Crippen LogP contribution in [0, 0.1) is 6.92 Å². The Balaban J connectivity index is 3.00. The number of anilines is 1. The molecule has 1 rings (SSSR count). The molecule has 0 radical (unpaired) electrons. The number of carbonyl (C=O) groups excluding carboxylic acids is 2. The maximum Gasteiger partial charge on any atom is 0.236 e. The van der Waals surface area contributed by atoms with Gasteiger partial charge < -0.3 is 21.5 Å². The Morgan fingerprint density at radius 2 is 1.78 bits per heavy atom. The van der Waals surface area contributed by atoms with Crippen LogP contribution in [0.3, 0.4) is 0 Å². The van der Waals surface area contributed by atoms with Crippen LogP contribution >= 0.6 is 0 Å². The second-order valence-electron chi connectivity index (χ2n) is 4.06. The number of benzene rings is 1. The monoisotopic (exact) mass is 251 g/mol. The van der Waals surface area contributed by atoms with Crippen molar-refractivity contribution in [3.05, 3.63) is 29.3 Å². The van der Waals surface area contributed by atoms with Crippen molar-refractivity contribution in [2.24, 2.45) is 11.5 Å². The molecule has 0 aromatic heterocycles. The van der Waals surface area contributed by atoms with E-state index in [1.54, 1.807) is 18.2 Å². The largest absolute Gasteiger partial charge is 0.392 e. The summed E-state index contributed by atoms with van der Waals surface area (Å²) in [7, 11) is 0. The maximum atomic E-state index is 11.0. The van der Waals surface area contributed by atoms with Gasteiger partial charge in [0.05, 0.1) is 19.7 Å². The lowest BCUT2D eigenvalue weighted by Gasteiger charge is -2.22. The Morgan fingerprint density at radius 1 is 1.22 bits per heavy atom. The van der Waals surface area contributed by atoms with Crippen molar-refractivity contribution in [1.82, 2.24) is 0 Å². The highest BCUT2D eigenvalue weighted by atomic mass is 16.3. The van der Waals surface area contributed by atoms with E-state index in [-0.39, 0.29) is 19.7 Å². The SMILES string of the molecule is Cc1cc(N(CC(N)=O)CC(N)=O)ccc1CO. The third-order valence-electron chi connectivity index (χ3n) is 2.56. The Hall–Kier alpha value is -2.08. The average Bonchev–Trinajstić information content (AvgIpc) is 2.26. The Morgan fingerprint density at radius 3 is 2.17 bits per heavy atom. The molecule has 0 unspecified atom stereocenters. The minimum Gasteiger partial charge on any atom is -0.392 e. The summed E-state index contributed by atoms with van der Waals surface area (Å²) in [6.07, 6.45) is 0. The van der Waals surface area contributed by atoms with E-state index >= 15 is 0 Å². The van der Waals surface area contributed by atoms with Gasteiger partial charge in [-0.25, -0.2) is 0 Å². The molecule has 2 amide bonds. The van der Waals surface area contributed by atoms with Crippen LogP contribution in [-0.2, 0) is 16.2 Å². The summed E-state index contributed by atoms with van der Waals surface area (Å²) in [5.41, 5.74) is 12.6. The standard InChI is InChI=1S/C12H17N3O3/c1-8-4-10(3-2-9(8)7-16)15(5-11(13)17)6-12(14)18/h2-4,16H,5-7H2,1H3,(H2,13,17)(H2,14,18). The van der Waals surface area contributed by atoms with Gasteiger partial charge in [-0.05, 0) is 30.2 Å². The first-order valence-electron chi connectivity index (χ1n) is 5.46. The normalized spacial score (nSPS) is 10.1. The Kier molecular flexibility index (Phi) is 4.67. The van der Waals surface area contributed by atoms with Crippen molar-refractivity contribution in [1.29, 1.82) is 0 Å². The van der Waals surface area contributed by atoms with Crippen molar-refractivity contribution in [2.75, 3.05) is 18.0 Å². The summed E-state index contributed by atoms with van der Waals surface area (Å²) in [4.78, 5) is 23.4. The molecular formula is C12H17N3O3. The number of primary amides is 2. The molecule has 0 aliphatic rings. The van der Waals surface area contributed by atoms with Gasteiger partial charge >= 0.3 is 0 Å². The molecule has 0 saturated carbocycles. The molecular weight excluding hydrogens is 234 g/mol. The molecule has 0 fully saturated rings. The number of rotatable bonds is 6. The van der Waals surface area contributed by atoms with Gasteiger partial charge in [-0.3, -0.25) is 9.59 Å². The zero-order valence-corrected chi connectivity index (χ0v) is 10.2. The average molecular weight is 251 g/mol. The van der Waals surface area contributed by atoms with Crippen molar-refractivity contribution in [2.45, 2.75) is 13.5 Å². The molecule has 6 heteroatoms. The molecule has 0 atom stereocenters. The third kappa shape index (κ3) is 3.74. The molecule has 0 aliphatic heterocycles. The number of amides is 2. The summed E-state index contributed by atoms with van der Waals surface area (Å²) in [6.45, 7) is 1.61. The Labute approximate surface area is 105 Å². The minimum absolute atomic E-state index is 0.0578. The molecule has 0 heterocycles. The van der Waals surface area contributed by atoms with E-state index in [0.29, 0.717) is 5.69 Å². The van der Waals surface area contributed by atoms with Crippen LogP contribution in [0.15, 0.2) is 18.2 Å². The molecule has 1 aromatic carbocycles. The van der Waals surface area contributed by atoms with Gasteiger partial charge in [-0.1, -0.05) is 6.07 Å². The number of hydrogen-bond donors (Lipinski definition) is 3. The zero-order chi connectivity index (χ0) is 13.7. The van der Waals surface area contributed by atoms with Crippen molar-refractivity contribution >= 4 is 17.5 Å². The van der Waals surface area contributed by atoms with Crippen LogP contribution < -0.4 is 16.4 Å². The van der Waals surface area contributed by atoms with Crippen molar-refractivity contribution in [3.63, 3.8) is 0 Å². The minimum atomic E-state index is -0.542. The van der Waals surface area contributed by atoms with Gasteiger partial charge in [0.1, 0.15) is 0 Å². The van der Waals surface area contributed by atoms with E-state index in [9.17, 15) is 9.59 Å². The van der Waals surface area contributed by atoms with E-state index in [0.717, 1.165) is 11.1 Å². The smallest absolute Gasteiger partial charge is 0.236 e.